The fourth-order valence-corrected chi connectivity index (χ4v) is 17.7. The Bertz CT molecular complexity index is 6420. The minimum Gasteiger partial charge on any atom is -0.744 e. The third-order valence-corrected chi connectivity index (χ3v) is 24.1. The number of aryl methyl sites for hydroxylation is 7. The van der Waals surface area contributed by atoms with Gasteiger partial charge in [-0.15, -0.1) is 0 Å². The van der Waals surface area contributed by atoms with Crippen LogP contribution in [0.25, 0.3) is 0 Å². The standard InChI is InChI=1S/C34H34N2O8S2.C28H22N2O8S2.C23H20N2O5S.5Na/c1-3-5-9-21-13-15-25(29(19-21)45(39,40)41)35-27-17-18-28(32-31(27)33(37)23-11-7-8-12-24(23)34(32)38)36-26-16-14-22(10-6-4-2)20-30(26)46(42,43)44;1-15-7-9-19(23(13-15)39(33,34)35)29-21-11-12-22(30-20-10-8-16(2)14-24(20)40(36,37)38)26-25(21)27(31)17-5-3-4-6-18(17)28(26)32;1-11-8-12(2)21(13(3)9-11)25-16-10-17(31(28,29)30)20(24)19-18(16)22(26)14-6-4-5-7-15(14)23(19)27;;;;;/h7-8,11-20,35-36H,3-6,9-10H2,1-2H3,(H,39,40,41)(H,42,43,44);3-14,29-30H,1-2H3,(H,33,34,35)(H,36,37,38);4-10,25H,24H2,1-3H3,(H,28,29,30);;;;;/q;;;5*+1/p-5. The monoisotopic (exact) mass is 1790 g/mol. The van der Waals surface area contributed by atoms with Crippen molar-refractivity contribution in [2.45, 2.75) is 111 Å². The number of nitrogen functional groups attached to an aromatic ring is 1. The molecule has 0 saturated heterocycles. The second-order valence-electron chi connectivity index (χ2n) is 28.1. The van der Waals surface area contributed by atoms with E-state index in [1.165, 1.54) is 109 Å². The smallest absolute Gasteiger partial charge is 0.744 e. The van der Waals surface area contributed by atoms with Gasteiger partial charge in [-0.3, -0.25) is 28.8 Å². The van der Waals surface area contributed by atoms with E-state index in [0.717, 1.165) is 48.4 Å². The van der Waals surface area contributed by atoms with Crippen molar-refractivity contribution in [2.75, 3.05) is 32.3 Å². The average Bonchev–Trinajstić information content (AvgIpc) is 0.758. The van der Waals surface area contributed by atoms with Crippen molar-refractivity contribution in [2.24, 2.45) is 0 Å². The maximum Gasteiger partial charge on any atom is 1.00 e. The molecule has 0 fully saturated rings. The number of hydrogen-bond acceptors (Lipinski definition) is 27. The second-order valence-corrected chi connectivity index (χ2v) is 34.8. The first-order valence-electron chi connectivity index (χ1n) is 36.1. The van der Waals surface area contributed by atoms with Gasteiger partial charge in [0.1, 0.15) is 50.6 Å². The number of nitrogens with one attached hydrogen (secondary N) is 5. The Balaban J connectivity index is 0.000000251. The Morgan fingerprint density at radius 3 is 0.795 bits per heavy atom. The van der Waals surface area contributed by atoms with Crippen LogP contribution in [0.3, 0.4) is 0 Å². The molecule has 14 rings (SSSR count). The molecule has 37 heteroatoms. The van der Waals surface area contributed by atoms with Crippen molar-refractivity contribution in [3.63, 3.8) is 0 Å². The van der Waals surface area contributed by atoms with E-state index in [0.29, 0.717) is 40.8 Å². The Hall–Kier alpha value is -7.21. The fraction of sp³-hybridized carbons (Fsp3) is 0.153. The van der Waals surface area contributed by atoms with Gasteiger partial charge in [-0.2, -0.15) is 0 Å². The van der Waals surface area contributed by atoms with Crippen molar-refractivity contribution < 1.29 is 241 Å². The first kappa shape index (κ1) is 102. The van der Waals surface area contributed by atoms with Crippen LogP contribution in [-0.2, 0) is 63.4 Å². The van der Waals surface area contributed by atoms with Crippen LogP contribution >= 0.6 is 0 Å². The minimum absolute atomic E-state index is 0. The number of rotatable bonds is 21. The van der Waals surface area contributed by atoms with Gasteiger partial charge in [0.05, 0.1) is 115 Å². The average molecular weight is 1790 g/mol. The maximum atomic E-state index is 13.9. The predicted octanol–water partition coefficient (Wildman–Crippen LogP) is -0.546. The Kier molecular flexibility index (Phi) is 34.3. The summed E-state index contributed by atoms with van der Waals surface area (Å²) in [7, 11) is -24.7. The van der Waals surface area contributed by atoms with Gasteiger partial charge < -0.3 is 55.1 Å². The van der Waals surface area contributed by atoms with Gasteiger partial charge in [-0.05, 0) is 173 Å². The number of unbranched alkanes of at least 4 members (excludes halogenated alkanes) is 2. The van der Waals surface area contributed by atoms with E-state index in [2.05, 4.69) is 26.6 Å². The fourth-order valence-electron chi connectivity index (χ4n) is 14.3. The first-order valence-corrected chi connectivity index (χ1v) is 43.2. The largest absolute Gasteiger partial charge is 1.00 e. The molecular formula is C85H71N6Na5O21S5. The van der Waals surface area contributed by atoms with E-state index >= 15 is 0 Å². The molecule has 0 atom stereocenters. The molecule has 27 nitrogen and oxygen atoms in total. The summed E-state index contributed by atoms with van der Waals surface area (Å²) in [6, 6.07) is 46.2. The summed E-state index contributed by atoms with van der Waals surface area (Å²) in [4.78, 5) is 79.0. The van der Waals surface area contributed by atoms with Gasteiger partial charge in [0, 0.05) is 39.1 Å². The third kappa shape index (κ3) is 21.9. The molecule has 0 spiro atoms. The SMILES string of the molecule is CCCCc1ccc(Nc2ccc(Nc3ccc(CCCC)cc3S(=O)(=O)[O-])c3c2C(=O)c2ccccc2C3=O)c(S(=O)(=O)[O-])c1.Cc1cc(C)c(Nc2cc(S(=O)(=O)[O-])c(N)c3c2C(=O)c2ccccc2C3=O)c(C)c1.Cc1ccc(Nc2ccc(Nc3ccc(C)cc3S(=O)(=O)[O-])c3c2C(=O)c2ccccc2C3=O)c(S(=O)(=O)[O-])c1.[Na+].[Na+].[Na+].[Na+].[Na+]. The van der Waals surface area contributed by atoms with Crippen molar-refractivity contribution in [3.8, 4) is 0 Å². The van der Waals surface area contributed by atoms with E-state index in [-0.39, 0.29) is 266 Å². The van der Waals surface area contributed by atoms with Crippen LogP contribution in [0.1, 0.15) is 174 Å². The number of ketones is 6. The molecule has 0 bridgehead atoms. The van der Waals surface area contributed by atoms with Crippen LogP contribution in [0.4, 0.5) is 62.6 Å². The Morgan fingerprint density at radius 1 is 0.279 bits per heavy atom. The zero-order chi connectivity index (χ0) is 84.9. The van der Waals surface area contributed by atoms with Gasteiger partial charge in [-0.25, -0.2) is 42.1 Å². The van der Waals surface area contributed by atoms with Crippen LogP contribution in [0.2, 0.25) is 0 Å². The maximum absolute atomic E-state index is 13.9. The Morgan fingerprint density at radius 2 is 0.525 bits per heavy atom. The number of benzene rings is 11. The first-order chi connectivity index (χ1) is 55.1. The summed E-state index contributed by atoms with van der Waals surface area (Å²) in [5, 5.41) is 14.5. The second kappa shape index (κ2) is 41.0. The van der Waals surface area contributed by atoms with Gasteiger partial charge >= 0.3 is 148 Å². The van der Waals surface area contributed by atoms with Crippen molar-refractivity contribution >= 4 is 148 Å². The molecule has 11 aromatic rings. The minimum atomic E-state index is -5.01. The molecule has 11 aromatic carbocycles. The molecule has 7 N–H and O–H groups in total. The quantitative estimate of drug-likeness (QED) is 0.0299. The van der Waals surface area contributed by atoms with Crippen molar-refractivity contribution in [3.05, 3.63) is 294 Å². The van der Waals surface area contributed by atoms with Crippen LogP contribution in [0.5, 0.6) is 0 Å². The number of fused-ring (bicyclic) bond motifs is 6. The molecule has 0 saturated carbocycles. The number of nitrogens with two attached hydrogens (primary N) is 1. The number of carbonyl (C=O) groups excluding carboxylic acids is 6. The molecule has 0 heterocycles. The van der Waals surface area contributed by atoms with E-state index in [1.54, 1.807) is 74.5 Å². The summed E-state index contributed by atoms with van der Waals surface area (Å²) >= 11 is 0. The van der Waals surface area contributed by atoms with Gasteiger partial charge in [0.15, 0.2) is 34.7 Å². The number of carbonyl (C=O) groups is 6. The molecule has 0 amide bonds. The molecular weight excluding hydrogens is 1720 g/mol. The van der Waals surface area contributed by atoms with E-state index in [4.69, 9.17) is 5.73 Å². The molecule has 0 radical (unpaired) electrons. The van der Waals surface area contributed by atoms with E-state index in [9.17, 15) is 93.6 Å². The van der Waals surface area contributed by atoms with Gasteiger partial charge in [0.2, 0.25) is 0 Å². The van der Waals surface area contributed by atoms with Crippen LogP contribution in [0, 0.1) is 34.6 Å². The van der Waals surface area contributed by atoms with Crippen molar-refractivity contribution in [1.82, 2.24) is 0 Å². The zero-order valence-corrected chi connectivity index (χ0v) is 82.4. The summed E-state index contributed by atoms with van der Waals surface area (Å²) in [6.07, 6.45) is 4.46. The van der Waals surface area contributed by atoms with E-state index in [1.807, 2.05) is 46.8 Å². The van der Waals surface area contributed by atoms with Gasteiger partial charge in [-0.1, -0.05) is 141 Å². The Labute approximate surface area is 816 Å². The molecule has 3 aliphatic carbocycles. The van der Waals surface area contributed by atoms with Crippen LogP contribution in [-0.4, -0.2) is 99.6 Å². The number of hydrogen-bond donors (Lipinski definition) is 6. The third-order valence-electron chi connectivity index (χ3n) is 19.7. The zero-order valence-electron chi connectivity index (χ0n) is 68.3. The number of anilines is 11. The van der Waals surface area contributed by atoms with E-state index < -0.39 is 115 Å². The summed E-state index contributed by atoms with van der Waals surface area (Å²) in [6.45, 7) is 12.9. The van der Waals surface area contributed by atoms with Crippen LogP contribution < -0.4 is 180 Å². The topological polar surface area (TPSA) is 475 Å². The normalized spacial score (nSPS) is 12.4. The molecule has 122 heavy (non-hydrogen) atoms. The molecule has 0 unspecified atom stereocenters. The predicted molar refractivity (Wildman–Crippen MR) is 433 cm³/mol. The molecule has 0 aromatic heterocycles. The summed E-state index contributed by atoms with van der Waals surface area (Å²) < 4.78 is 181. The summed E-state index contributed by atoms with van der Waals surface area (Å²) in [5.41, 5.74) is 11.1. The molecule has 3 aliphatic rings. The van der Waals surface area contributed by atoms with Crippen molar-refractivity contribution in [1.29, 1.82) is 0 Å². The molecule has 0 aliphatic heterocycles. The molecule has 602 valence electrons. The van der Waals surface area contributed by atoms with Gasteiger partial charge in [0.25, 0.3) is 0 Å². The summed E-state index contributed by atoms with van der Waals surface area (Å²) in [5.74, 6) is -3.29. The van der Waals surface area contributed by atoms with Crippen LogP contribution in [0.15, 0.2) is 213 Å².